The van der Waals surface area contributed by atoms with Crippen molar-refractivity contribution >= 4 is 23.4 Å². The Bertz CT molecular complexity index is 684. The van der Waals surface area contributed by atoms with Crippen LogP contribution in [0.4, 0.5) is 5.69 Å². The summed E-state index contributed by atoms with van der Waals surface area (Å²) >= 11 is 1.24. The second-order valence-electron chi connectivity index (χ2n) is 4.03. The highest BCUT2D eigenvalue weighted by Crippen LogP contribution is 2.36. The van der Waals surface area contributed by atoms with Gasteiger partial charge in [-0.1, -0.05) is 11.8 Å². The molecule has 2 aromatic rings. The van der Waals surface area contributed by atoms with Gasteiger partial charge in [-0.2, -0.15) is 0 Å². The molecule has 6 nitrogen and oxygen atoms in total. The molecule has 21 heavy (non-hydrogen) atoms. The van der Waals surface area contributed by atoms with Gasteiger partial charge in [0.05, 0.1) is 28.6 Å². The highest BCUT2D eigenvalue weighted by molar-refractivity contribution is 7.99. The number of phenols is 1. The zero-order valence-electron chi connectivity index (χ0n) is 11.0. The van der Waals surface area contributed by atoms with Gasteiger partial charge in [0.1, 0.15) is 5.75 Å². The summed E-state index contributed by atoms with van der Waals surface area (Å²) in [6, 6.07) is 10.5. The first-order chi connectivity index (χ1) is 10.0. The molecule has 0 saturated carbocycles. The minimum Gasteiger partial charge on any atom is -0.507 e. The van der Waals surface area contributed by atoms with E-state index in [0.717, 1.165) is 11.0 Å². The van der Waals surface area contributed by atoms with Crippen LogP contribution in [0.15, 0.2) is 52.3 Å². The summed E-state index contributed by atoms with van der Waals surface area (Å²) in [5, 5.41) is 20.4. The smallest absolute Gasteiger partial charge is 0.337 e. The first-order valence-electron chi connectivity index (χ1n) is 5.85. The highest BCUT2D eigenvalue weighted by Gasteiger charge is 2.11. The number of non-ortho nitro benzene ring substituents is 1. The van der Waals surface area contributed by atoms with Crippen molar-refractivity contribution in [1.29, 1.82) is 0 Å². The Morgan fingerprint density at radius 3 is 2.43 bits per heavy atom. The highest BCUT2D eigenvalue weighted by atomic mass is 32.2. The number of nitrogens with zero attached hydrogens (tertiary/aromatic N) is 1. The van der Waals surface area contributed by atoms with Gasteiger partial charge >= 0.3 is 5.97 Å². The van der Waals surface area contributed by atoms with Crippen LogP contribution < -0.4 is 0 Å². The van der Waals surface area contributed by atoms with Gasteiger partial charge in [-0.3, -0.25) is 10.1 Å². The molecular formula is C14H11NO5S. The van der Waals surface area contributed by atoms with E-state index in [-0.39, 0.29) is 11.4 Å². The van der Waals surface area contributed by atoms with E-state index in [0.29, 0.717) is 10.5 Å². The average Bonchev–Trinajstić information content (AvgIpc) is 2.49. The summed E-state index contributed by atoms with van der Waals surface area (Å²) in [6.07, 6.45) is 0. The number of hydrogen-bond donors (Lipinski definition) is 1. The topological polar surface area (TPSA) is 89.7 Å². The quantitative estimate of drug-likeness (QED) is 0.530. The van der Waals surface area contributed by atoms with Gasteiger partial charge in [-0.05, 0) is 30.3 Å². The maximum Gasteiger partial charge on any atom is 0.337 e. The van der Waals surface area contributed by atoms with Crippen molar-refractivity contribution in [1.82, 2.24) is 0 Å². The van der Waals surface area contributed by atoms with E-state index < -0.39 is 10.9 Å². The maximum atomic E-state index is 11.3. The molecule has 0 amide bonds. The molecule has 0 saturated heterocycles. The summed E-state index contributed by atoms with van der Waals surface area (Å²) in [4.78, 5) is 22.6. The van der Waals surface area contributed by atoms with Gasteiger partial charge in [0, 0.05) is 11.0 Å². The maximum absolute atomic E-state index is 11.3. The third-order valence-corrected chi connectivity index (χ3v) is 3.73. The predicted octanol–water partition coefficient (Wildman–Crippen LogP) is 3.24. The Kier molecular flexibility index (Phi) is 4.44. The lowest BCUT2D eigenvalue weighted by molar-refractivity contribution is -0.385. The number of nitro benzene ring substituents is 1. The van der Waals surface area contributed by atoms with E-state index in [4.69, 9.17) is 0 Å². The number of methoxy groups -OCH3 is 1. The molecule has 2 rings (SSSR count). The van der Waals surface area contributed by atoms with Gasteiger partial charge in [-0.15, -0.1) is 0 Å². The van der Waals surface area contributed by atoms with E-state index in [1.54, 1.807) is 24.3 Å². The third-order valence-electron chi connectivity index (χ3n) is 2.66. The van der Waals surface area contributed by atoms with E-state index in [9.17, 15) is 20.0 Å². The van der Waals surface area contributed by atoms with E-state index in [1.807, 2.05) is 0 Å². The number of rotatable bonds is 4. The minimum absolute atomic E-state index is 0.161. The van der Waals surface area contributed by atoms with E-state index in [2.05, 4.69) is 4.74 Å². The molecule has 108 valence electrons. The molecule has 0 fully saturated rings. The molecule has 0 aliphatic rings. The van der Waals surface area contributed by atoms with Gasteiger partial charge in [0.25, 0.3) is 5.69 Å². The van der Waals surface area contributed by atoms with Crippen LogP contribution in [0.3, 0.4) is 0 Å². The number of carbonyl (C=O) groups is 1. The van der Waals surface area contributed by atoms with Crippen molar-refractivity contribution in [3.63, 3.8) is 0 Å². The fourth-order valence-corrected chi connectivity index (χ4v) is 2.44. The SMILES string of the molecule is COC(=O)c1ccc(Sc2ccc([N+](=O)[O-])cc2O)cc1. The lowest BCUT2D eigenvalue weighted by Crippen LogP contribution is -2.00. The lowest BCUT2D eigenvalue weighted by Gasteiger charge is -2.05. The summed E-state index contributed by atoms with van der Waals surface area (Å²) in [5.74, 6) is -0.587. The normalized spacial score (nSPS) is 10.1. The number of aromatic hydroxyl groups is 1. The summed E-state index contributed by atoms with van der Waals surface area (Å²) in [6.45, 7) is 0. The minimum atomic E-state index is -0.570. The molecule has 0 bridgehead atoms. The van der Waals surface area contributed by atoms with Crippen LogP contribution in [-0.2, 0) is 4.74 Å². The van der Waals surface area contributed by atoms with Gasteiger partial charge in [-0.25, -0.2) is 4.79 Å². The molecule has 7 heteroatoms. The molecule has 0 aliphatic heterocycles. The molecule has 0 heterocycles. The fourth-order valence-electron chi connectivity index (χ4n) is 1.61. The van der Waals surface area contributed by atoms with Crippen molar-refractivity contribution in [2.24, 2.45) is 0 Å². The van der Waals surface area contributed by atoms with Crippen LogP contribution in [0.2, 0.25) is 0 Å². The first-order valence-corrected chi connectivity index (χ1v) is 6.66. The largest absolute Gasteiger partial charge is 0.507 e. The van der Waals surface area contributed by atoms with Gasteiger partial charge in [0.2, 0.25) is 0 Å². The van der Waals surface area contributed by atoms with Crippen LogP contribution in [-0.4, -0.2) is 23.1 Å². The van der Waals surface area contributed by atoms with E-state index >= 15 is 0 Å². The van der Waals surface area contributed by atoms with Crippen molar-refractivity contribution < 1.29 is 19.6 Å². The number of esters is 1. The zero-order chi connectivity index (χ0) is 15.4. The standard InChI is InChI=1S/C14H11NO5S/c1-20-14(17)9-2-5-11(6-3-9)21-13-7-4-10(15(18)19)8-12(13)16/h2-8,16H,1H3. The van der Waals surface area contributed by atoms with Crippen LogP contribution >= 0.6 is 11.8 Å². The average molecular weight is 305 g/mol. The predicted molar refractivity (Wildman–Crippen MR) is 76.7 cm³/mol. The number of benzene rings is 2. The van der Waals surface area contributed by atoms with E-state index in [1.165, 1.54) is 31.0 Å². The van der Waals surface area contributed by atoms with Crippen molar-refractivity contribution in [3.05, 3.63) is 58.1 Å². The van der Waals surface area contributed by atoms with Gasteiger partial charge in [0.15, 0.2) is 0 Å². The molecule has 0 aliphatic carbocycles. The molecule has 0 spiro atoms. The molecule has 0 aromatic heterocycles. The van der Waals surface area contributed by atoms with Crippen LogP contribution in [0.5, 0.6) is 5.75 Å². The number of ether oxygens (including phenoxy) is 1. The van der Waals surface area contributed by atoms with Crippen molar-refractivity contribution in [2.75, 3.05) is 7.11 Å². The Labute approximate surface area is 124 Å². The molecule has 0 unspecified atom stereocenters. The Morgan fingerprint density at radius 2 is 1.90 bits per heavy atom. The number of nitro groups is 1. The van der Waals surface area contributed by atoms with Crippen LogP contribution in [0, 0.1) is 10.1 Å². The zero-order valence-corrected chi connectivity index (χ0v) is 11.8. The molecule has 0 atom stereocenters. The molecule has 0 radical (unpaired) electrons. The first kappa shape index (κ1) is 14.9. The summed E-state index contributed by atoms with van der Waals surface area (Å²) in [7, 11) is 1.31. The number of carbonyl (C=O) groups excluding carboxylic acids is 1. The van der Waals surface area contributed by atoms with Crippen LogP contribution in [0.25, 0.3) is 0 Å². The Morgan fingerprint density at radius 1 is 1.24 bits per heavy atom. The lowest BCUT2D eigenvalue weighted by atomic mass is 10.2. The van der Waals surface area contributed by atoms with Crippen LogP contribution in [0.1, 0.15) is 10.4 Å². The third kappa shape index (κ3) is 3.51. The van der Waals surface area contributed by atoms with Gasteiger partial charge < -0.3 is 9.84 Å². The Hall–Kier alpha value is -2.54. The summed E-state index contributed by atoms with van der Waals surface area (Å²) < 4.78 is 4.60. The second-order valence-corrected chi connectivity index (χ2v) is 5.14. The Balaban J connectivity index is 2.18. The summed E-state index contributed by atoms with van der Waals surface area (Å²) in [5.41, 5.74) is 0.257. The number of hydrogen-bond acceptors (Lipinski definition) is 6. The molecule has 2 aromatic carbocycles. The molecule has 1 N–H and O–H groups in total. The monoisotopic (exact) mass is 305 g/mol. The van der Waals surface area contributed by atoms with Crippen molar-refractivity contribution in [2.45, 2.75) is 9.79 Å². The fraction of sp³-hybridized carbons (Fsp3) is 0.0714. The number of phenolic OH excluding ortho intramolecular Hbond substituents is 1. The second kappa shape index (κ2) is 6.27. The molecular weight excluding hydrogens is 294 g/mol. The van der Waals surface area contributed by atoms with Crippen molar-refractivity contribution in [3.8, 4) is 5.75 Å².